The molecule has 0 spiro atoms. The highest BCUT2D eigenvalue weighted by molar-refractivity contribution is 6.04. The van der Waals surface area contributed by atoms with E-state index in [1.807, 2.05) is 0 Å². The summed E-state index contributed by atoms with van der Waals surface area (Å²) in [6, 6.07) is 10.0. The number of likely N-dealkylation sites (N-methyl/N-ethyl adjacent to an activating group) is 4. The van der Waals surface area contributed by atoms with Crippen LogP contribution in [0.2, 0.25) is 0 Å². The molecule has 0 radical (unpaired) electrons. The van der Waals surface area contributed by atoms with Crippen LogP contribution in [0, 0.1) is 17.8 Å². The van der Waals surface area contributed by atoms with Crippen LogP contribution in [0.5, 0.6) is 11.5 Å². The largest absolute Gasteiger partial charge is 0.486 e. The number of urea groups is 1. The summed E-state index contributed by atoms with van der Waals surface area (Å²) in [4.78, 5) is 259. The highest BCUT2D eigenvalue weighted by Gasteiger charge is 2.50. The third-order valence-electron chi connectivity index (χ3n) is 23.4. The zero-order valence-corrected chi connectivity index (χ0v) is 78.0. The average molecular weight is 1890 g/mol. The molecule has 4 aliphatic rings. The number of hydrogen-bond acceptors (Lipinski definition) is 26. The third-order valence-corrected chi connectivity index (χ3v) is 23.4. The SMILES string of the molecule is CCN1CC(=O)N(C)[C@@H](C(C)C)C(=O)NC[C@@H](NC(=O)c2nc3ccccc3cc2O[C@@H]2O[C@H](C(=O)O)[C@@H](O)[C@H](O)[C@H]2O)C(=O)N2CCCC[C@H]2C(=O)NCC(=O)N(CC)CC(=O)N(C)[C@@H](C(C)C)C(=O)NC[C@@H](NC(=O)c2nc3ccccc3cc2OCc2ccc(NC(=O)[C@H](CCCNC(N)=O)NC(=O)[C@@H](NC(=O)OC(C)(C)C)C(C)C)cc2)C(=O)N2CCCC[C@H]2C(=O)NCC1=O. The van der Waals surface area contributed by atoms with Crippen LogP contribution in [0.4, 0.5) is 15.3 Å². The van der Waals surface area contributed by atoms with Crippen molar-refractivity contribution in [3.05, 3.63) is 102 Å². The summed E-state index contributed by atoms with van der Waals surface area (Å²) in [5.41, 5.74) is 4.68. The highest BCUT2D eigenvalue weighted by atomic mass is 16.7. The van der Waals surface area contributed by atoms with E-state index in [4.69, 9.17) is 29.7 Å². The zero-order chi connectivity index (χ0) is 99.1. The van der Waals surface area contributed by atoms with E-state index in [9.17, 15) is 82.8 Å². The molecule has 6 heterocycles. The first-order valence-corrected chi connectivity index (χ1v) is 45.1. The molecule has 135 heavy (non-hydrogen) atoms. The van der Waals surface area contributed by atoms with E-state index in [2.05, 4.69) is 58.2 Å². The lowest BCUT2D eigenvalue weighted by Gasteiger charge is -2.38. The maximum atomic E-state index is 15.6. The number of pyridine rings is 2. The fourth-order valence-electron chi connectivity index (χ4n) is 16.1. The maximum Gasteiger partial charge on any atom is 0.408 e. The fourth-order valence-corrected chi connectivity index (χ4v) is 16.1. The Labute approximate surface area is 780 Å². The number of anilines is 1. The van der Waals surface area contributed by atoms with E-state index < -0.39 is 254 Å². The number of nitrogens with two attached hydrogens (primary N) is 1. The molecule has 16 N–H and O–H groups in total. The molecule has 4 fully saturated rings. The quantitative estimate of drug-likeness (QED) is 0.0357. The molecule has 13 atom stereocenters. The first-order valence-electron chi connectivity index (χ1n) is 45.1. The van der Waals surface area contributed by atoms with E-state index in [0.717, 1.165) is 24.5 Å². The number of carbonyl (C=O) groups excluding carboxylic acids is 16. The summed E-state index contributed by atoms with van der Waals surface area (Å²) in [7, 11) is 2.61. The second-order valence-corrected chi connectivity index (χ2v) is 35.5. The number of aliphatic hydroxyl groups excluding tert-OH is 3. The Bertz CT molecular complexity index is 5170. The predicted molar refractivity (Wildman–Crippen MR) is 485 cm³/mol. The first-order chi connectivity index (χ1) is 63.9. The molecule has 5 aromatic rings. The minimum atomic E-state index is -2.14. The van der Waals surface area contributed by atoms with Crippen LogP contribution in [0.15, 0.2) is 84.9 Å². The summed E-state index contributed by atoms with van der Waals surface area (Å²) >= 11 is 0. The highest BCUT2D eigenvalue weighted by Crippen LogP contribution is 2.32. The standard InChI is InChI=1S/C91H125N19O25/c1-14-107-45-66(113)105(12)71(49(5)6)83(124)94-41-58(102-81(122)69-62(39-52-25-16-18-27-55(52)99-69)132-47-51-32-34-54(35-33-51)98-77(118)57(29-24-36-93-89(92)130)101-80(121)68(48(3)4)104-90(131)135-91(9,10)11)85(126)109-37-22-20-30-60(109)78(119)96-43-64(111)108(15-2)46-67(114)106(13)72(50(7)8)84(125)95-42-59(86(127)110-38-23-21-31-61(110)79(120)97-44-65(107)112)103-82(123)70-63(40-53-26-17-19-28-56(53)100-70)133-88-75(117)73(115)74(116)76(134-88)87(128)129/h16-19,25-28,32-35,39-40,48-50,57-61,68,71-76,88,115-117H,14-15,20-24,29-31,36-38,41-47H2,1-13H3,(H,94,124)(H,95,125)(H,96,119)(H,97,120)(H,98,118)(H,101,121)(H,102,122)(H,103,123)(H,104,131)(H,128,129)(H3,92,93,130)/t57-,58+,59+,60-,61-,68-,71-,72-,73-,74-,75+,76-,88+/m0/s1. The molecular formula is C91H125N19O25. The van der Waals surface area contributed by atoms with Crippen LogP contribution >= 0.6 is 0 Å². The average Bonchev–Trinajstić information content (AvgIpc) is 0.781. The number of rotatable bonds is 24. The first kappa shape index (κ1) is 105. The summed E-state index contributed by atoms with van der Waals surface area (Å²) in [5, 5.41) is 69.5. The molecule has 44 nitrogen and oxygen atoms in total. The molecule has 734 valence electrons. The van der Waals surface area contributed by atoms with Crippen molar-refractivity contribution in [2.24, 2.45) is 23.5 Å². The number of nitrogens with one attached hydrogen (secondary N) is 10. The number of carbonyl (C=O) groups is 17. The topological polar surface area (TPSA) is 600 Å². The lowest BCUT2D eigenvalue weighted by atomic mass is 9.99. The van der Waals surface area contributed by atoms with Crippen LogP contribution in [0.1, 0.15) is 154 Å². The van der Waals surface area contributed by atoms with Crippen molar-refractivity contribution in [2.45, 2.75) is 219 Å². The molecule has 9 rings (SSSR count). The third kappa shape index (κ3) is 28.1. The number of para-hydroxylation sites is 2. The number of ether oxygens (including phenoxy) is 4. The maximum absolute atomic E-state index is 15.6. The number of carboxylic acid groups (broad SMARTS) is 1. The van der Waals surface area contributed by atoms with Crippen molar-refractivity contribution in [1.82, 2.24) is 87.2 Å². The summed E-state index contributed by atoms with van der Waals surface area (Å²) in [5.74, 6) is -16.1. The van der Waals surface area contributed by atoms with Gasteiger partial charge in [0.15, 0.2) is 29.0 Å². The van der Waals surface area contributed by atoms with Crippen LogP contribution < -0.4 is 68.4 Å². The van der Waals surface area contributed by atoms with Gasteiger partial charge in [-0.05, 0) is 146 Å². The number of carboxylic acids is 1. The molecule has 0 bridgehead atoms. The number of aliphatic carboxylic acids is 1. The molecular weight excluding hydrogens is 1760 g/mol. The minimum absolute atomic E-state index is 0.00172. The molecule has 2 aromatic heterocycles. The fraction of sp³-hybridized carbons (Fsp3) is 0.549. The Kier molecular flexibility index (Phi) is 37.3. The molecule has 17 amide bonds. The predicted octanol–water partition coefficient (Wildman–Crippen LogP) is -0.145. The van der Waals surface area contributed by atoms with Crippen LogP contribution in [-0.2, 0) is 78.4 Å². The van der Waals surface area contributed by atoms with Crippen molar-refractivity contribution >= 4 is 128 Å². The molecule has 4 aliphatic heterocycles. The number of piperidine rings is 2. The van der Waals surface area contributed by atoms with E-state index in [-0.39, 0.29) is 87.7 Å². The van der Waals surface area contributed by atoms with Gasteiger partial charge in [-0.1, -0.05) is 90.1 Å². The Morgan fingerprint density at radius 3 is 1.51 bits per heavy atom. The number of aliphatic hydroxyl groups is 3. The molecule has 4 saturated heterocycles. The van der Waals surface area contributed by atoms with Crippen molar-refractivity contribution in [1.29, 1.82) is 0 Å². The summed E-state index contributed by atoms with van der Waals surface area (Å²) in [6.45, 7) is 13.1. The normalized spacial score (nSPS) is 22.9. The van der Waals surface area contributed by atoms with Gasteiger partial charge in [-0.3, -0.25) is 67.1 Å². The molecule has 0 saturated carbocycles. The van der Waals surface area contributed by atoms with E-state index in [1.54, 1.807) is 149 Å². The van der Waals surface area contributed by atoms with Gasteiger partial charge in [0.2, 0.25) is 77.2 Å². The second kappa shape index (κ2) is 47.9. The van der Waals surface area contributed by atoms with E-state index in [1.165, 1.54) is 31.1 Å². The van der Waals surface area contributed by atoms with Crippen LogP contribution in [-0.4, -0.2) is 331 Å². The summed E-state index contributed by atoms with van der Waals surface area (Å²) in [6.07, 6.45) is -9.81. The number of primary amides is 1. The number of fused-ring (bicyclic) bond motifs is 4. The van der Waals surface area contributed by atoms with Gasteiger partial charge in [-0.2, -0.15) is 0 Å². The minimum Gasteiger partial charge on any atom is -0.486 e. The van der Waals surface area contributed by atoms with Gasteiger partial charge in [0.25, 0.3) is 11.8 Å². The lowest BCUT2D eigenvalue weighted by Crippen LogP contribution is -2.62. The Morgan fingerprint density at radius 2 is 1.06 bits per heavy atom. The number of benzene rings is 3. The van der Waals surface area contributed by atoms with Crippen molar-refractivity contribution in [3.8, 4) is 11.5 Å². The molecule has 3 aromatic carbocycles. The second-order valence-electron chi connectivity index (χ2n) is 35.5. The summed E-state index contributed by atoms with van der Waals surface area (Å²) < 4.78 is 23.1. The molecule has 0 unspecified atom stereocenters. The number of aromatic nitrogens is 2. The Balaban J connectivity index is 0.986. The van der Waals surface area contributed by atoms with E-state index in [0.29, 0.717) is 47.5 Å². The number of alkyl carbamates (subject to hydrolysis) is 1. The number of amides is 17. The Morgan fingerprint density at radius 1 is 0.585 bits per heavy atom. The van der Waals surface area contributed by atoms with Crippen LogP contribution in [0.3, 0.4) is 0 Å². The smallest absolute Gasteiger partial charge is 0.408 e. The monoisotopic (exact) mass is 1880 g/mol. The van der Waals surface area contributed by atoms with Gasteiger partial charge in [0.05, 0.1) is 37.2 Å². The Hall–Kier alpha value is -13.5. The van der Waals surface area contributed by atoms with Gasteiger partial charge < -0.3 is 128 Å². The van der Waals surface area contributed by atoms with Gasteiger partial charge in [-0.25, -0.2) is 24.4 Å². The van der Waals surface area contributed by atoms with Gasteiger partial charge in [-0.15, -0.1) is 0 Å². The molecule has 0 aliphatic carbocycles. The van der Waals surface area contributed by atoms with Gasteiger partial charge in [0.1, 0.15) is 78.9 Å². The van der Waals surface area contributed by atoms with Crippen molar-refractivity contribution < 1.29 is 121 Å². The van der Waals surface area contributed by atoms with Crippen molar-refractivity contribution in [2.75, 3.05) is 91.4 Å². The van der Waals surface area contributed by atoms with Gasteiger partial charge in [0, 0.05) is 76.4 Å². The number of nitrogens with zero attached hydrogens (tertiary/aromatic N) is 8. The van der Waals surface area contributed by atoms with Crippen molar-refractivity contribution in [3.63, 3.8) is 0 Å². The lowest BCUT2D eigenvalue weighted by molar-refractivity contribution is -0.271. The van der Waals surface area contributed by atoms with Gasteiger partial charge >= 0.3 is 18.1 Å². The van der Waals surface area contributed by atoms with Crippen LogP contribution in [0.25, 0.3) is 21.8 Å². The molecule has 44 heteroatoms. The van der Waals surface area contributed by atoms with E-state index >= 15 is 19.2 Å². The zero-order valence-electron chi connectivity index (χ0n) is 78.0. The number of hydrogen-bond donors (Lipinski definition) is 15.